The van der Waals surface area contributed by atoms with Crippen LogP contribution >= 0.6 is 35.0 Å². The van der Waals surface area contributed by atoms with Gasteiger partial charge in [-0.3, -0.25) is 9.78 Å². The minimum absolute atomic E-state index is 0.216. The van der Waals surface area contributed by atoms with E-state index in [9.17, 15) is 4.79 Å². The molecule has 0 atom stereocenters. The zero-order chi connectivity index (χ0) is 21.7. The highest BCUT2D eigenvalue weighted by molar-refractivity contribution is 7.99. The fraction of sp³-hybridized carbons (Fsp3) is 0.318. The summed E-state index contributed by atoms with van der Waals surface area (Å²) in [5.74, 6) is 0.787. The highest BCUT2D eigenvalue weighted by Gasteiger charge is 2.21. The lowest BCUT2D eigenvalue weighted by Gasteiger charge is -2.14. The summed E-state index contributed by atoms with van der Waals surface area (Å²) in [6.07, 6.45) is 4.08. The molecule has 0 unspecified atom stereocenters. The number of esters is 1. The minimum atomic E-state index is -0.297. The van der Waals surface area contributed by atoms with Gasteiger partial charge in [-0.25, -0.2) is 4.98 Å². The van der Waals surface area contributed by atoms with Gasteiger partial charge in [0.05, 0.1) is 12.3 Å². The van der Waals surface area contributed by atoms with Gasteiger partial charge in [-0.2, -0.15) is 0 Å². The number of rotatable bonds is 8. The zero-order valence-corrected chi connectivity index (χ0v) is 19.4. The molecule has 0 saturated heterocycles. The zero-order valence-electron chi connectivity index (χ0n) is 17.1. The van der Waals surface area contributed by atoms with E-state index in [1.165, 1.54) is 6.92 Å². The molecule has 0 aliphatic carbocycles. The molecule has 3 aromatic rings. The number of nitrogens with zero attached hydrogens (tertiary/aromatic N) is 3. The van der Waals surface area contributed by atoms with Gasteiger partial charge in [-0.05, 0) is 41.8 Å². The lowest BCUT2D eigenvalue weighted by Crippen LogP contribution is -2.11. The van der Waals surface area contributed by atoms with Crippen molar-refractivity contribution >= 4 is 40.9 Å². The van der Waals surface area contributed by atoms with Crippen molar-refractivity contribution in [2.45, 2.75) is 49.6 Å². The van der Waals surface area contributed by atoms with Crippen molar-refractivity contribution in [3.05, 3.63) is 69.9 Å². The van der Waals surface area contributed by atoms with E-state index in [-0.39, 0.29) is 18.5 Å². The maximum Gasteiger partial charge on any atom is 0.302 e. The van der Waals surface area contributed by atoms with E-state index in [1.807, 2.05) is 24.3 Å². The standard InChI is InChI=1S/C22H23Cl2N3O2S/c1-14(2)21-22(30-19-11-17(23)10-18(24)12-19)27(13-16-4-7-25-8-5-16)20(26-21)6-9-29-15(3)28/h4-5,7-8,10-12,14H,6,9,13H2,1-3H3. The molecule has 2 aromatic heterocycles. The predicted octanol–water partition coefficient (Wildman–Crippen LogP) is 6.01. The summed E-state index contributed by atoms with van der Waals surface area (Å²) in [6, 6.07) is 9.47. The van der Waals surface area contributed by atoms with Crippen LogP contribution in [0.3, 0.4) is 0 Å². The van der Waals surface area contributed by atoms with Crippen molar-refractivity contribution in [2.24, 2.45) is 0 Å². The second-order valence-corrected chi connectivity index (χ2v) is 9.05. The van der Waals surface area contributed by atoms with E-state index >= 15 is 0 Å². The molecular weight excluding hydrogens is 441 g/mol. The Morgan fingerprint density at radius 1 is 1.17 bits per heavy atom. The predicted molar refractivity (Wildman–Crippen MR) is 121 cm³/mol. The molecule has 1 aromatic carbocycles. The van der Waals surface area contributed by atoms with Gasteiger partial charge in [0.15, 0.2) is 0 Å². The SMILES string of the molecule is CC(=O)OCCc1nc(C(C)C)c(Sc2cc(Cl)cc(Cl)c2)n1Cc1ccncc1. The Kier molecular flexibility index (Phi) is 7.81. The van der Waals surface area contributed by atoms with Crippen molar-refractivity contribution in [3.8, 4) is 0 Å². The lowest BCUT2D eigenvalue weighted by atomic mass is 10.1. The quantitative estimate of drug-likeness (QED) is 0.382. The van der Waals surface area contributed by atoms with Crippen molar-refractivity contribution in [2.75, 3.05) is 6.61 Å². The van der Waals surface area contributed by atoms with Crippen LogP contribution < -0.4 is 0 Å². The highest BCUT2D eigenvalue weighted by atomic mass is 35.5. The van der Waals surface area contributed by atoms with Gasteiger partial charge in [0.1, 0.15) is 10.9 Å². The molecule has 0 aliphatic rings. The molecular formula is C22H23Cl2N3O2S. The van der Waals surface area contributed by atoms with Crippen molar-refractivity contribution in [1.82, 2.24) is 14.5 Å². The third kappa shape index (κ3) is 6.00. The summed E-state index contributed by atoms with van der Waals surface area (Å²) in [5.41, 5.74) is 2.10. The van der Waals surface area contributed by atoms with Crippen molar-refractivity contribution in [1.29, 1.82) is 0 Å². The van der Waals surface area contributed by atoms with Crippen LogP contribution in [0.1, 0.15) is 43.8 Å². The number of hydrogen-bond acceptors (Lipinski definition) is 5. The molecule has 158 valence electrons. The normalized spacial score (nSPS) is 11.1. The summed E-state index contributed by atoms with van der Waals surface area (Å²) >= 11 is 14.0. The van der Waals surface area contributed by atoms with Crippen molar-refractivity contribution in [3.63, 3.8) is 0 Å². The summed E-state index contributed by atoms with van der Waals surface area (Å²) in [4.78, 5) is 21.2. The van der Waals surface area contributed by atoms with Crippen LogP contribution in [0, 0.1) is 0 Å². The number of benzene rings is 1. The number of halogens is 2. The fourth-order valence-electron chi connectivity index (χ4n) is 3.00. The van der Waals surface area contributed by atoms with E-state index in [4.69, 9.17) is 32.9 Å². The van der Waals surface area contributed by atoms with E-state index in [0.29, 0.717) is 23.0 Å². The summed E-state index contributed by atoms with van der Waals surface area (Å²) in [5, 5.41) is 2.20. The molecule has 0 spiro atoms. The first-order valence-electron chi connectivity index (χ1n) is 9.59. The summed E-state index contributed by atoms with van der Waals surface area (Å²) in [7, 11) is 0. The Morgan fingerprint density at radius 2 is 1.83 bits per heavy atom. The number of ether oxygens (including phenoxy) is 1. The van der Waals surface area contributed by atoms with Gasteiger partial charge >= 0.3 is 5.97 Å². The van der Waals surface area contributed by atoms with Gasteiger partial charge in [0.2, 0.25) is 0 Å². The lowest BCUT2D eigenvalue weighted by molar-refractivity contribution is -0.140. The number of aromatic nitrogens is 3. The maximum atomic E-state index is 11.2. The molecule has 0 fully saturated rings. The summed E-state index contributed by atoms with van der Waals surface area (Å²) < 4.78 is 7.34. The van der Waals surface area contributed by atoms with Gasteiger partial charge in [-0.15, -0.1) is 0 Å². The molecule has 0 bridgehead atoms. The molecule has 0 saturated carbocycles. The Hall–Kier alpha value is -2.02. The Labute approximate surface area is 190 Å². The first-order chi connectivity index (χ1) is 14.3. The number of carbonyl (C=O) groups is 1. The van der Waals surface area contributed by atoms with Gasteiger partial charge in [-0.1, -0.05) is 48.8 Å². The van der Waals surface area contributed by atoms with Crippen LogP contribution in [0.4, 0.5) is 0 Å². The molecule has 0 radical (unpaired) electrons. The summed E-state index contributed by atoms with van der Waals surface area (Å²) in [6.45, 7) is 6.56. The first kappa shape index (κ1) is 22.7. The van der Waals surface area contributed by atoms with Gasteiger partial charge < -0.3 is 9.30 Å². The number of pyridine rings is 1. The minimum Gasteiger partial charge on any atom is -0.465 e. The Bertz CT molecular complexity index is 1000. The van der Waals surface area contributed by atoms with Crippen LogP contribution in [0.25, 0.3) is 0 Å². The number of carbonyl (C=O) groups excluding carboxylic acids is 1. The molecule has 0 aliphatic heterocycles. The third-order valence-electron chi connectivity index (χ3n) is 4.34. The maximum absolute atomic E-state index is 11.2. The Balaban J connectivity index is 2.03. The van der Waals surface area contributed by atoms with E-state index in [2.05, 4.69) is 23.4 Å². The van der Waals surface area contributed by atoms with Gasteiger partial charge in [0.25, 0.3) is 0 Å². The van der Waals surface area contributed by atoms with Crippen LogP contribution in [0.15, 0.2) is 52.6 Å². The molecule has 5 nitrogen and oxygen atoms in total. The first-order valence-corrected chi connectivity index (χ1v) is 11.2. The molecule has 8 heteroatoms. The highest BCUT2D eigenvalue weighted by Crippen LogP contribution is 2.37. The fourth-order valence-corrected chi connectivity index (χ4v) is 4.91. The number of imidazole rings is 1. The van der Waals surface area contributed by atoms with Crippen LogP contribution in [-0.4, -0.2) is 27.1 Å². The van der Waals surface area contributed by atoms with Crippen molar-refractivity contribution < 1.29 is 9.53 Å². The van der Waals surface area contributed by atoms with Gasteiger partial charge in [0, 0.05) is 47.2 Å². The molecule has 0 amide bonds. The molecule has 0 N–H and O–H groups in total. The van der Waals surface area contributed by atoms with Crippen LogP contribution in [0.5, 0.6) is 0 Å². The largest absolute Gasteiger partial charge is 0.465 e. The van der Waals surface area contributed by atoms with Crippen LogP contribution in [0.2, 0.25) is 10.0 Å². The second-order valence-electron chi connectivity index (χ2n) is 7.11. The Morgan fingerprint density at radius 3 is 2.43 bits per heavy atom. The molecule has 3 rings (SSSR count). The monoisotopic (exact) mass is 463 g/mol. The number of hydrogen-bond donors (Lipinski definition) is 0. The average Bonchev–Trinajstić information content (AvgIpc) is 2.99. The molecule has 30 heavy (non-hydrogen) atoms. The van der Waals surface area contributed by atoms with E-state index in [0.717, 1.165) is 27.0 Å². The van der Waals surface area contributed by atoms with Crippen LogP contribution in [-0.2, 0) is 22.5 Å². The van der Waals surface area contributed by atoms with E-state index < -0.39 is 0 Å². The third-order valence-corrected chi connectivity index (χ3v) is 5.87. The second kappa shape index (κ2) is 10.3. The molecule has 2 heterocycles. The smallest absolute Gasteiger partial charge is 0.302 e. The average molecular weight is 464 g/mol. The van der Waals surface area contributed by atoms with E-state index in [1.54, 1.807) is 30.2 Å². The topological polar surface area (TPSA) is 57.0 Å².